The highest BCUT2D eigenvalue weighted by molar-refractivity contribution is 5.67. The molecule has 0 rings (SSSR count). The van der Waals surface area contributed by atoms with Crippen LogP contribution in [0, 0.1) is 0 Å². The minimum Gasteiger partial charge on any atom is -0.481 e. The molecule has 0 saturated carbocycles. The first kappa shape index (κ1) is 22.2. The molecule has 1 unspecified atom stereocenters. The van der Waals surface area contributed by atoms with Gasteiger partial charge in [-0.25, -0.2) is 4.79 Å². The Hall–Kier alpha value is -1.82. The number of aliphatic hydroxyl groups is 1. The number of unbranched alkanes of at least 4 members (excludes halogenated alkanes) is 4. The average molecular weight is 341 g/mol. The Kier molecular flexibility index (Phi) is 14.8. The first-order valence-electron chi connectivity index (χ1n) is 8.70. The fourth-order valence-corrected chi connectivity index (χ4v) is 1.95. The fraction of sp³-hybridized carbons (Fsp3) is 0.667. The van der Waals surface area contributed by atoms with Crippen molar-refractivity contribution in [2.45, 2.75) is 64.4 Å². The van der Waals surface area contributed by atoms with Gasteiger partial charge < -0.3 is 20.3 Å². The minimum atomic E-state index is -0.803. The molecule has 1 atom stereocenters. The number of nitrogens with one attached hydrogen (secondary N) is 1. The third kappa shape index (κ3) is 16.5. The largest absolute Gasteiger partial charge is 0.481 e. The van der Waals surface area contributed by atoms with Gasteiger partial charge in [-0.2, -0.15) is 0 Å². The second-order valence-corrected chi connectivity index (χ2v) is 5.60. The lowest BCUT2D eigenvalue weighted by molar-refractivity contribution is -0.137. The summed E-state index contributed by atoms with van der Waals surface area (Å²) in [5.74, 6) is -0.803. The molecule has 0 aromatic heterocycles. The predicted octanol–water partition coefficient (Wildman–Crippen LogP) is 3.41. The number of carbonyl (C=O) groups is 2. The molecule has 0 saturated heterocycles. The number of aliphatic carboxylic acids is 1. The molecule has 138 valence electrons. The van der Waals surface area contributed by atoms with Gasteiger partial charge in [0, 0.05) is 13.0 Å². The highest BCUT2D eigenvalue weighted by atomic mass is 16.5. The number of aliphatic hydroxyl groups excluding tert-OH is 1. The van der Waals surface area contributed by atoms with Crippen molar-refractivity contribution in [1.29, 1.82) is 0 Å². The molecule has 24 heavy (non-hydrogen) atoms. The Morgan fingerprint density at radius 1 is 1.12 bits per heavy atom. The van der Waals surface area contributed by atoms with Gasteiger partial charge >= 0.3 is 12.1 Å². The highest BCUT2D eigenvalue weighted by Crippen LogP contribution is 2.04. The number of hydrogen-bond donors (Lipinski definition) is 3. The number of alkyl carbamates (subject to hydrolysis) is 1. The summed E-state index contributed by atoms with van der Waals surface area (Å²) in [5.41, 5.74) is 0. The van der Waals surface area contributed by atoms with Crippen molar-refractivity contribution in [3.63, 3.8) is 0 Å². The van der Waals surface area contributed by atoms with E-state index in [-0.39, 0.29) is 6.42 Å². The third-order valence-electron chi connectivity index (χ3n) is 3.32. The van der Waals surface area contributed by atoms with Crippen LogP contribution >= 0.6 is 0 Å². The maximum atomic E-state index is 11.4. The van der Waals surface area contributed by atoms with Crippen LogP contribution in [-0.4, -0.2) is 41.5 Å². The first-order valence-corrected chi connectivity index (χ1v) is 8.70. The van der Waals surface area contributed by atoms with Crippen LogP contribution in [0.3, 0.4) is 0 Å². The zero-order valence-electron chi connectivity index (χ0n) is 14.6. The number of rotatable bonds is 14. The number of allylic oxidation sites excluding steroid dienone is 2. The first-order chi connectivity index (χ1) is 11.6. The zero-order valence-corrected chi connectivity index (χ0v) is 14.6. The fourth-order valence-electron chi connectivity index (χ4n) is 1.95. The van der Waals surface area contributed by atoms with Crippen molar-refractivity contribution in [3.05, 3.63) is 24.3 Å². The maximum absolute atomic E-state index is 11.4. The van der Waals surface area contributed by atoms with Crippen LogP contribution in [0.2, 0.25) is 0 Å². The van der Waals surface area contributed by atoms with Gasteiger partial charge in [0.15, 0.2) is 0 Å². The molecule has 6 nitrogen and oxygen atoms in total. The molecule has 0 fully saturated rings. The molecule has 0 heterocycles. The van der Waals surface area contributed by atoms with Gasteiger partial charge in [0.25, 0.3) is 0 Å². The van der Waals surface area contributed by atoms with Gasteiger partial charge in [-0.15, -0.1) is 0 Å². The van der Waals surface area contributed by atoms with Gasteiger partial charge in [-0.05, 0) is 25.7 Å². The van der Waals surface area contributed by atoms with Crippen molar-refractivity contribution in [1.82, 2.24) is 5.32 Å². The van der Waals surface area contributed by atoms with Crippen molar-refractivity contribution in [3.8, 4) is 0 Å². The van der Waals surface area contributed by atoms with E-state index in [1.54, 1.807) is 24.3 Å². The van der Waals surface area contributed by atoms with Gasteiger partial charge in [0.1, 0.15) is 0 Å². The molecule has 0 aliphatic carbocycles. The number of ether oxygens (including phenoxy) is 1. The van der Waals surface area contributed by atoms with Crippen molar-refractivity contribution < 1.29 is 24.5 Å². The van der Waals surface area contributed by atoms with Crippen LogP contribution in [0.15, 0.2) is 24.3 Å². The summed E-state index contributed by atoms with van der Waals surface area (Å²) < 4.78 is 4.96. The Labute approximate surface area is 144 Å². The summed E-state index contributed by atoms with van der Waals surface area (Å²) in [4.78, 5) is 21.7. The standard InChI is InChI=1S/C18H31NO5/c1-2-3-6-11-16(20)12-7-4-9-14-19-18(23)24-15-10-5-8-13-17(21)22/h4,7,9,12,16,20H,2-3,5-6,8,10-11,13-15H2,1H3,(H,19,23)(H,21,22). The van der Waals surface area contributed by atoms with Crippen LogP contribution in [0.1, 0.15) is 58.3 Å². The summed E-state index contributed by atoms with van der Waals surface area (Å²) in [6, 6.07) is 0. The summed E-state index contributed by atoms with van der Waals surface area (Å²) in [5, 5.41) is 20.7. The summed E-state index contributed by atoms with van der Waals surface area (Å²) in [7, 11) is 0. The van der Waals surface area contributed by atoms with Crippen LogP contribution in [0.5, 0.6) is 0 Å². The van der Waals surface area contributed by atoms with Gasteiger partial charge in [-0.3, -0.25) is 4.79 Å². The van der Waals surface area contributed by atoms with E-state index in [1.165, 1.54) is 0 Å². The second kappa shape index (κ2) is 16.1. The van der Waals surface area contributed by atoms with Crippen LogP contribution in [0.4, 0.5) is 4.79 Å². The summed E-state index contributed by atoms with van der Waals surface area (Å²) >= 11 is 0. The lowest BCUT2D eigenvalue weighted by Gasteiger charge is -2.04. The van der Waals surface area contributed by atoms with Crippen molar-refractivity contribution >= 4 is 12.1 Å². The Balaban J connectivity index is 3.54. The SMILES string of the molecule is CCCCCC(O)C=CC=CCNC(=O)OCCCCCC(=O)O. The quantitative estimate of drug-likeness (QED) is 0.332. The Morgan fingerprint density at radius 3 is 2.62 bits per heavy atom. The van der Waals surface area contributed by atoms with E-state index in [4.69, 9.17) is 9.84 Å². The molecule has 0 bridgehead atoms. The average Bonchev–Trinajstić information content (AvgIpc) is 2.54. The molecule has 0 aliphatic heterocycles. The van der Waals surface area contributed by atoms with Gasteiger partial charge in [-0.1, -0.05) is 50.5 Å². The van der Waals surface area contributed by atoms with E-state index in [0.29, 0.717) is 26.0 Å². The van der Waals surface area contributed by atoms with E-state index in [1.807, 2.05) is 0 Å². The van der Waals surface area contributed by atoms with Crippen LogP contribution in [-0.2, 0) is 9.53 Å². The van der Waals surface area contributed by atoms with Crippen molar-refractivity contribution in [2.75, 3.05) is 13.2 Å². The monoisotopic (exact) mass is 341 g/mol. The molecule has 0 aliphatic rings. The molecule has 0 aromatic carbocycles. The molecular formula is C18H31NO5. The van der Waals surface area contributed by atoms with Gasteiger partial charge in [0.05, 0.1) is 12.7 Å². The van der Waals surface area contributed by atoms with E-state index in [0.717, 1.165) is 32.1 Å². The maximum Gasteiger partial charge on any atom is 0.407 e. The number of carboxylic acid groups (broad SMARTS) is 1. The molecule has 0 aromatic rings. The van der Waals surface area contributed by atoms with E-state index < -0.39 is 18.2 Å². The molecule has 6 heteroatoms. The molecule has 3 N–H and O–H groups in total. The lowest BCUT2D eigenvalue weighted by atomic mass is 10.1. The Bertz CT molecular complexity index is 393. The van der Waals surface area contributed by atoms with Crippen molar-refractivity contribution in [2.24, 2.45) is 0 Å². The minimum absolute atomic E-state index is 0.151. The normalized spacial score (nSPS) is 12.6. The molecular weight excluding hydrogens is 310 g/mol. The number of amides is 1. The lowest BCUT2D eigenvalue weighted by Crippen LogP contribution is -2.24. The number of carbonyl (C=O) groups excluding carboxylic acids is 1. The molecule has 1 amide bonds. The van der Waals surface area contributed by atoms with Gasteiger partial charge in [0.2, 0.25) is 0 Å². The number of hydrogen-bond acceptors (Lipinski definition) is 4. The highest BCUT2D eigenvalue weighted by Gasteiger charge is 2.00. The predicted molar refractivity (Wildman–Crippen MR) is 93.9 cm³/mol. The second-order valence-electron chi connectivity index (χ2n) is 5.60. The zero-order chi connectivity index (χ0) is 18.0. The van der Waals surface area contributed by atoms with Crippen LogP contribution < -0.4 is 5.32 Å². The summed E-state index contributed by atoms with van der Waals surface area (Å²) in [6.45, 7) is 2.77. The Morgan fingerprint density at radius 2 is 1.92 bits per heavy atom. The smallest absolute Gasteiger partial charge is 0.407 e. The topological polar surface area (TPSA) is 95.9 Å². The third-order valence-corrected chi connectivity index (χ3v) is 3.32. The molecule has 0 radical (unpaired) electrons. The van der Waals surface area contributed by atoms with E-state index in [9.17, 15) is 14.7 Å². The van der Waals surface area contributed by atoms with Crippen LogP contribution in [0.25, 0.3) is 0 Å². The number of carboxylic acids is 1. The van der Waals surface area contributed by atoms with E-state index >= 15 is 0 Å². The van der Waals surface area contributed by atoms with E-state index in [2.05, 4.69) is 12.2 Å². The molecule has 0 spiro atoms. The summed E-state index contributed by atoms with van der Waals surface area (Å²) in [6.07, 6.45) is 12.4.